The molecule has 0 spiro atoms. The Balaban J connectivity index is 2.31. The van der Waals surface area contributed by atoms with E-state index in [4.69, 9.17) is 9.47 Å². The molecule has 0 amide bonds. The monoisotopic (exact) mass is 315 g/mol. The quantitative estimate of drug-likeness (QED) is 0.415. The second-order valence-corrected chi connectivity index (χ2v) is 4.46. The second-order valence-electron chi connectivity index (χ2n) is 4.46. The Labute approximate surface area is 129 Å². The zero-order valence-electron chi connectivity index (χ0n) is 13.0. The fourth-order valence-electron chi connectivity index (χ4n) is 1.65. The molecule has 0 radical (unpaired) electrons. The molecule has 0 aliphatic carbocycles. The lowest BCUT2D eigenvalue weighted by molar-refractivity contribution is 0.197. The zero-order chi connectivity index (χ0) is 16.2. The summed E-state index contributed by atoms with van der Waals surface area (Å²) in [6.45, 7) is 4.86. The summed E-state index contributed by atoms with van der Waals surface area (Å²) < 4.78 is 36.1. The third-order valence-corrected chi connectivity index (χ3v) is 2.68. The summed E-state index contributed by atoms with van der Waals surface area (Å²) in [4.78, 5) is 4.37. The van der Waals surface area contributed by atoms with Crippen LogP contribution < -0.4 is 15.4 Å². The van der Waals surface area contributed by atoms with E-state index in [2.05, 4.69) is 15.6 Å². The van der Waals surface area contributed by atoms with Crippen LogP contribution in [0.3, 0.4) is 0 Å². The van der Waals surface area contributed by atoms with E-state index in [0.29, 0.717) is 38.0 Å². The maximum Gasteiger partial charge on any atom is 0.191 e. The van der Waals surface area contributed by atoms with Crippen molar-refractivity contribution >= 4 is 5.96 Å². The first-order valence-corrected chi connectivity index (χ1v) is 7.26. The molecule has 0 saturated carbocycles. The van der Waals surface area contributed by atoms with Crippen molar-refractivity contribution in [3.63, 3.8) is 0 Å². The van der Waals surface area contributed by atoms with Crippen molar-refractivity contribution in [2.45, 2.75) is 13.3 Å². The van der Waals surface area contributed by atoms with Gasteiger partial charge in [-0.15, -0.1) is 0 Å². The molecule has 0 fully saturated rings. The van der Waals surface area contributed by atoms with Crippen molar-refractivity contribution < 1.29 is 18.3 Å². The van der Waals surface area contributed by atoms with E-state index in [1.54, 1.807) is 7.11 Å². The smallest absolute Gasteiger partial charge is 0.191 e. The van der Waals surface area contributed by atoms with Crippen molar-refractivity contribution in [3.8, 4) is 5.75 Å². The Morgan fingerprint density at radius 1 is 1.18 bits per heavy atom. The third kappa shape index (κ3) is 7.21. The molecule has 0 unspecified atom stereocenters. The standard InChI is InChI=1S/C15H23F2N3O2/c1-3-18-15(19-7-4-9-21-2)20-8-10-22-12-5-6-13(16)14(17)11-12/h5-6,11H,3-4,7-10H2,1-2H3,(H2,18,19,20). The maximum atomic E-state index is 13.0. The van der Waals surface area contributed by atoms with Crippen molar-refractivity contribution in [1.82, 2.24) is 10.6 Å². The van der Waals surface area contributed by atoms with Gasteiger partial charge in [-0.3, -0.25) is 4.99 Å². The van der Waals surface area contributed by atoms with Gasteiger partial charge >= 0.3 is 0 Å². The highest BCUT2D eigenvalue weighted by Gasteiger charge is 2.03. The van der Waals surface area contributed by atoms with Gasteiger partial charge in [0, 0.05) is 32.9 Å². The highest BCUT2D eigenvalue weighted by molar-refractivity contribution is 5.79. The SMILES string of the molecule is CCNC(=NCCCOC)NCCOc1ccc(F)c(F)c1. The summed E-state index contributed by atoms with van der Waals surface area (Å²) in [5, 5.41) is 6.21. The minimum atomic E-state index is -0.918. The van der Waals surface area contributed by atoms with Crippen molar-refractivity contribution in [1.29, 1.82) is 0 Å². The van der Waals surface area contributed by atoms with Gasteiger partial charge in [0.15, 0.2) is 17.6 Å². The van der Waals surface area contributed by atoms with Crippen molar-refractivity contribution in [2.75, 3.05) is 40.0 Å². The van der Waals surface area contributed by atoms with Gasteiger partial charge in [0.25, 0.3) is 0 Å². The molecule has 0 bridgehead atoms. The fourth-order valence-corrected chi connectivity index (χ4v) is 1.65. The average molecular weight is 315 g/mol. The van der Waals surface area contributed by atoms with Gasteiger partial charge in [0.2, 0.25) is 0 Å². The molecule has 0 aromatic heterocycles. The molecule has 124 valence electrons. The number of hydrogen-bond donors (Lipinski definition) is 2. The Hall–Kier alpha value is -1.89. The first kappa shape index (κ1) is 18.2. The molecule has 0 heterocycles. The van der Waals surface area contributed by atoms with Gasteiger partial charge in [-0.1, -0.05) is 0 Å². The van der Waals surface area contributed by atoms with E-state index in [1.807, 2.05) is 6.92 Å². The summed E-state index contributed by atoms with van der Waals surface area (Å²) in [5.41, 5.74) is 0. The molecule has 2 N–H and O–H groups in total. The van der Waals surface area contributed by atoms with Gasteiger partial charge in [-0.05, 0) is 25.5 Å². The van der Waals surface area contributed by atoms with Crippen LogP contribution in [-0.4, -0.2) is 45.9 Å². The summed E-state index contributed by atoms with van der Waals surface area (Å²) in [6, 6.07) is 3.46. The lowest BCUT2D eigenvalue weighted by atomic mass is 10.3. The van der Waals surface area contributed by atoms with Crippen LogP contribution in [0.25, 0.3) is 0 Å². The van der Waals surface area contributed by atoms with Crippen LogP contribution in [0, 0.1) is 11.6 Å². The van der Waals surface area contributed by atoms with Gasteiger partial charge in [0.05, 0.1) is 6.54 Å². The van der Waals surface area contributed by atoms with Gasteiger partial charge < -0.3 is 20.1 Å². The molecule has 1 rings (SSSR count). The van der Waals surface area contributed by atoms with E-state index in [1.165, 1.54) is 6.07 Å². The molecule has 1 aromatic rings. The summed E-state index contributed by atoms with van der Waals surface area (Å²) in [5.74, 6) is -0.822. The van der Waals surface area contributed by atoms with E-state index in [-0.39, 0.29) is 0 Å². The Bertz CT molecular complexity index is 470. The number of guanidine groups is 1. The number of hydrogen-bond acceptors (Lipinski definition) is 3. The molecule has 7 heteroatoms. The highest BCUT2D eigenvalue weighted by atomic mass is 19.2. The molecule has 0 aliphatic rings. The van der Waals surface area contributed by atoms with Crippen molar-refractivity contribution in [3.05, 3.63) is 29.8 Å². The maximum absolute atomic E-state index is 13.0. The van der Waals surface area contributed by atoms with Crippen LogP contribution in [0.15, 0.2) is 23.2 Å². The topological polar surface area (TPSA) is 54.9 Å². The van der Waals surface area contributed by atoms with Crippen molar-refractivity contribution in [2.24, 2.45) is 4.99 Å². The summed E-state index contributed by atoms with van der Waals surface area (Å²) >= 11 is 0. The van der Waals surface area contributed by atoms with E-state index in [0.717, 1.165) is 25.1 Å². The summed E-state index contributed by atoms with van der Waals surface area (Å²) in [7, 11) is 1.66. The number of rotatable bonds is 9. The molecule has 0 atom stereocenters. The van der Waals surface area contributed by atoms with Crippen LogP contribution in [0.2, 0.25) is 0 Å². The lowest BCUT2D eigenvalue weighted by Crippen LogP contribution is -2.39. The molecule has 0 saturated heterocycles. The average Bonchev–Trinajstić information content (AvgIpc) is 2.51. The number of aliphatic imine (C=N–C) groups is 1. The molecular weight excluding hydrogens is 292 g/mol. The number of nitrogens with one attached hydrogen (secondary N) is 2. The van der Waals surface area contributed by atoms with Crippen LogP contribution in [-0.2, 0) is 4.74 Å². The number of ether oxygens (including phenoxy) is 2. The van der Waals surface area contributed by atoms with E-state index >= 15 is 0 Å². The van der Waals surface area contributed by atoms with Crippen LogP contribution in [0.4, 0.5) is 8.78 Å². The lowest BCUT2D eigenvalue weighted by Gasteiger charge is -2.12. The highest BCUT2D eigenvalue weighted by Crippen LogP contribution is 2.14. The Morgan fingerprint density at radius 2 is 2.00 bits per heavy atom. The normalized spacial score (nSPS) is 11.4. The predicted molar refractivity (Wildman–Crippen MR) is 82.3 cm³/mol. The first-order valence-electron chi connectivity index (χ1n) is 7.26. The van der Waals surface area contributed by atoms with E-state index in [9.17, 15) is 8.78 Å². The molecule has 5 nitrogen and oxygen atoms in total. The minimum Gasteiger partial charge on any atom is -0.492 e. The first-order chi connectivity index (χ1) is 10.7. The fraction of sp³-hybridized carbons (Fsp3) is 0.533. The predicted octanol–water partition coefficient (Wildman–Crippen LogP) is 1.94. The van der Waals surface area contributed by atoms with Gasteiger partial charge in [0.1, 0.15) is 12.4 Å². The molecule has 0 aliphatic heterocycles. The van der Waals surface area contributed by atoms with Gasteiger partial charge in [-0.25, -0.2) is 8.78 Å². The van der Waals surface area contributed by atoms with Crippen LogP contribution >= 0.6 is 0 Å². The Kier molecular flexibility index (Phi) is 8.90. The zero-order valence-corrected chi connectivity index (χ0v) is 13.0. The van der Waals surface area contributed by atoms with Gasteiger partial charge in [-0.2, -0.15) is 0 Å². The third-order valence-electron chi connectivity index (χ3n) is 2.68. The number of benzene rings is 1. The van der Waals surface area contributed by atoms with Crippen LogP contribution in [0.5, 0.6) is 5.75 Å². The van der Waals surface area contributed by atoms with E-state index < -0.39 is 11.6 Å². The van der Waals surface area contributed by atoms with Crippen LogP contribution in [0.1, 0.15) is 13.3 Å². The second kappa shape index (κ2) is 10.8. The largest absolute Gasteiger partial charge is 0.492 e. The number of nitrogens with zero attached hydrogens (tertiary/aromatic N) is 1. The number of methoxy groups -OCH3 is 1. The molecule has 22 heavy (non-hydrogen) atoms. The summed E-state index contributed by atoms with van der Waals surface area (Å²) in [6.07, 6.45) is 0.846. The molecular formula is C15H23F2N3O2. The minimum absolute atomic E-state index is 0.294. The number of halogens is 2. The Morgan fingerprint density at radius 3 is 2.68 bits per heavy atom. The molecule has 1 aromatic carbocycles.